The van der Waals surface area contributed by atoms with Crippen LogP contribution in [-0.2, 0) is 0 Å². The molecule has 1 unspecified atom stereocenters. The Morgan fingerprint density at radius 1 is 1.67 bits per heavy atom. The first kappa shape index (κ1) is 6.36. The fourth-order valence-electron chi connectivity index (χ4n) is 0.890. The summed E-state index contributed by atoms with van der Waals surface area (Å²) in [6.45, 7) is 2.09. The summed E-state index contributed by atoms with van der Waals surface area (Å²) >= 11 is 0. The Kier molecular flexibility index (Phi) is 1.90. The van der Waals surface area contributed by atoms with Crippen LogP contribution in [0.2, 0.25) is 0 Å². The number of hydrogen-bond donors (Lipinski definition) is 2. The zero-order valence-corrected chi connectivity index (χ0v) is 5.81. The van der Waals surface area contributed by atoms with Crippen molar-refractivity contribution in [3.8, 4) is 0 Å². The van der Waals surface area contributed by atoms with Crippen molar-refractivity contribution in [2.75, 3.05) is 7.05 Å². The van der Waals surface area contributed by atoms with Gasteiger partial charge in [-0.2, -0.15) is 0 Å². The Morgan fingerprint density at radius 3 is 2.89 bits per heavy atom. The molecule has 0 radical (unpaired) electrons. The van der Waals surface area contributed by atoms with E-state index in [1.807, 2.05) is 19.3 Å². The predicted molar refractivity (Wildman–Crippen MR) is 38.9 cm³/mol. The van der Waals surface area contributed by atoms with Crippen LogP contribution in [0.15, 0.2) is 23.9 Å². The summed E-state index contributed by atoms with van der Waals surface area (Å²) < 4.78 is 0. The molecule has 0 amide bonds. The van der Waals surface area contributed by atoms with E-state index >= 15 is 0 Å². The van der Waals surface area contributed by atoms with Gasteiger partial charge in [-0.05, 0) is 31.8 Å². The average Bonchev–Trinajstić information content (AvgIpc) is 1.89. The maximum absolute atomic E-state index is 3.16. The van der Waals surface area contributed by atoms with Crippen molar-refractivity contribution in [3.63, 3.8) is 0 Å². The van der Waals surface area contributed by atoms with Crippen LogP contribution in [0.3, 0.4) is 0 Å². The first-order valence-corrected chi connectivity index (χ1v) is 3.11. The lowest BCUT2D eigenvalue weighted by atomic mass is 10.2. The zero-order valence-electron chi connectivity index (χ0n) is 5.81. The molecule has 1 atom stereocenters. The lowest BCUT2D eigenvalue weighted by molar-refractivity contribution is 0.576. The molecule has 0 aliphatic carbocycles. The molecular weight excluding hydrogens is 112 g/mol. The molecule has 2 nitrogen and oxygen atoms in total. The van der Waals surface area contributed by atoms with Crippen molar-refractivity contribution in [1.29, 1.82) is 0 Å². The molecule has 50 valence electrons. The highest BCUT2D eigenvalue weighted by molar-refractivity contribution is 5.19. The van der Waals surface area contributed by atoms with Gasteiger partial charge < -0.3 is 5.32 Å². The molecule has 0 saturated carbocycles. The number of dihydropyridines is 1. The molecule has 1 heterocycles. The molecule has 9 heavy (non-hydrogen) atoms. The van der Waals surface area contributed by atoms with Crippen molar-refractivity contribution in [3.05, 3.63) is 23.9 Å². The highest BCUT2D eigenvalue weighted by Crippen LogP contribution is 2.01. The topological polar surface area (TPSA) is 24.1 Å². The second kappa shape index (κ2) is 2.69. The van der Waals surface area contributed by atoms with Crippen LogP contribution in [0.25, 0.3) is 0 Å². The van der Waals surface area contributed by atoms with Crippen LogP contribution >= 0.6 is 0 Å². The molecule has 0 spiro atoms. The second-order valence-electron chi connectivity index (χ2n) is 2.16. The number of rotatable bonds is 1. The normalized spacial score (nSPS) is 25.1. The van der Waals surface area contributed by atoms with Gasteiger partial charge in [0.05, 0.1) is 6.17 Å². The summed E-state index contributed by atoms with van der Waals surface area (Å²) in [7, 11) is 1.94. The van der Waals surface area contributed by atoms with Gasteiger partial charge in [0.25, 0.3) is 0 Å². The number of nitrogens with one attached hydrogen (secondary N) is 2. The van der Waals surface area contributed by atoms with Crippen molar-refractivity contribution in [2.24, 2.45) is 0 Å². The minimum absolute atomic E-state index is 0.329. The summed E-state index contributed by atoms with van der Waals surface area (Å²) in [5, 5.41) is 6.28. The van der Waals surface area contributed by atoms with Gasteiger partial charge >= 0.3 is 0 Å². The van der Waals surface area contributed by atoms with Crippen LogP contribution in [0.4, 0.5) is 0 Å². The van der Waals surface area contributed by atoms with Gasteiger partial charge in [-0.15, -0.1) is 0 Å². The largest absolute Gasteiger partial charge is 0.372 e. The second-order valence-corrected chi connectivity index (χ2v) is 2.16. The molecule has 2 N–H and O–H groups in total. The van der Waals surface area contributed by atoms with E-state index in [1.54, 1.807) is 0 Å². The van der Waals surface area contributed by atoms with E-state index in [9.17, 15) is 0 Å². The van der Waals surface area contributed by atoms with Crippen LogP contribution in [0.5, 0.6) is 0 Å². The first-order valence-electron chi connectivity index (χ1n) is 3.11. The Balaban J connectivity index is 2.59. The van der Waals surface area contributed by atoms with Crippen LogP contribution in [0.1, 0.15) is 6.92 Å². The van der Waals surface area contributed by atoms with Gasteiger partial charge in [-0.3, -0.25) is 5.32 Å². The van der Waals surface area contributed by atoms with Gasteiger partial charge in [-0.25, -0.2) is 0 Å². The molecule has 0 saturated heterocycles. The summed E-state index contributed by atoms with van der Waals surface area (Å²) in [5.41, 5.74) is 1.32. The lowest BCUT2D eigenvalue weighted by Gasteiger charge is -2.19. The quantitative estimate of drug-likeness (QED) is 0.534. The van der Waals surface area contributed by atoms with E-state index < -0.39 is 0 Å². The van der Waals surface area contributed by atoms with Gasteiger partial charge in [0.2, 0.25) is 0 Å². The smallest absolute Gasteiger partial charge is 0.0984 e. The fourth-order valence-corrected chi connectivity index (χ4v) is 0.890. The van der Waals surface area contributed by atoms with Crippen molar-refractivity contribution in [1.82, 2.24) is 10.6 Å². The first-order chi connectivity index (χ1) is 4.34. The van der Waals surface area contributed by atoms with Crippen molar-refractivity contribution in [2.45, 2.75) is 13.1 Å². The Bertz CT molecular complexity index is 147. The fraction of sp³-hybridized carbons (Fsp3) is 0.429. The molecule has 0 aromatic carbocycles. The van der Waals surface area contributed by atoms with Gasteiger partial charge in [-0.1, -0.05) is 6.08 Å². The third kappa shape index (κ3) is 1.33. The standard InChI is InChI=1S/C7H12N2/c1-6-4-3-5-9-7(6)8-2/h3-5,7-9H,1-2H3. The lowest BCUT2D eigenvalue weighted by Crippen LogP contribution is -2.39. The minimum Gasteiger partial charge on any atom is -0.372 e. The zero-order chi connectivity index (χ0) is 6.69. The Hall–Kier alpha value is -0.760. The number of allylic oxidation sites excluding steroid dienone is 2. The van der Waals surface area contributed by atoms with E-state index in [0.717, 1.165) is 0 Å². The summed E-state index contributed by atoms with van der Waals surface area (Å²) in [4.78, 5) is 0. The molecule has 1 aliphatic heterocycles. The monoisotopic (exact) mass is 124 g/mol. The summed E-state index contributed by atoms with van der Waals surface area (Å²) in [6, 6.07) is 0. The van der Waals surface area contributed by atoms with E-state index in [1.165, 1.54) is 5.57 Å². The molecule has 1 rings (SSSR count). The third-order valence-corrected chi connectivity index (χ3v) is 1.46. The molecule has 0 aromatic rings. The van der Waals surface area contributed by atoms with Crippen LogP contribution in [-0.4, -0.2) is 13.2 Å². The number of hydrogen-bond acceptors (Lipinski definition) is 2. The van der Waals surface area contributed by atoms with E-state index in [-0.39, 0.29) is 0 Å². The molecule has 1 aliphatic rings. The third-order valence-electron chi connectivity index (χ3n) is 1.46. The van der Waals surface area contributed by atoms with Crippen molar-refractivity contribution < 1.29 is 0 Å². The highest BCUT2D eigenvalue weighted by Gasteiger charge is 2.05. The number of likely N-dealkylation sites (N-methyl/N-ethyl adjacent to an activating group) is 1. The molecule has 2 heteroatoms. The van der Waals surface area contributed by atoms with E-state index in [4.69, 9.17) is 0 Å². The van der Waals surface area contributed by atoms with Gasteiger partial charge in [0.15, 0.2) is 0 Å². The summed E-state index contributed by atoms with van der Waals surface area (Å²) in [6.07, 6.45) is 6.37. The summed E-state index contributed by atoms with van der Waals surface area (Å²) in [5.74, 6) is 0. The predicted octanol–water partition coefficient (Wildman–Crippen LogP) is 0.595. The van der Waals surface area contributed by atoms with E-state index in [0.29, 0.717) is 6.17 Å². The molecular formula is C7H12N2. The molecule has 0 aromatic heterocycles. The maximum atomic E-state index is 3.16. The SMILES string of the molecule is CNC1NC=CC=C1C. The Labute approximate surface area is 55.6 Å². The maximum Gasteiger partial charge on any atom is 0.0984 e. The Morgan fingerprint density at radius 2 is 2.44 bits per heavy atom. The van der Waals surface area contributed by atoms with Crippen LogP contribution < -0.4 is 10.6 Å². The van der Waals surface area contributed by atoms with E-state index in [2.05, 4.69) is 23.6 Å². The van der Waals surface area contributed by atoms with Crippen molar-refractivity contribution >= 4 is 0 Å². The minimum atomic E-state index is 0.329. The van der Waals surface area contributed by atoms with Crippen LogP contribution in [0, 0.1) is 0 Å². The average molecular weight is 124 g/mol. The molecule has 0 bridgehead atoms. The molecule has 0 fully saturated rings. The van der Waals surface area contributed by atoms with Gasteiger partial charge in [0.1, 0.15) is 0 Å². The highest BCUT2D eigenvalue weighted by atomic mass is 15.1. The van der Waals surface area contributed by atoms with Gasteiger partial charge in [0, 0.05) is 0 Å².